The van der Waals surface area contributed by atoms with Gasteiger partial charge in [-0.25, -0.2) is 12.8 Å². The molecule has 1 aromatic rings. The van der Waals surface area contributed by atoms with Crippen molar-refractivity contribution in [2.75, 3.05) is 26.2 Å². The van der Waals surface area contributed by atoms with Crippen LogP contribution in [0.25, 0.3) is 0 Å². The number of nitrogens with one attached hydrogen (secondary N) is 1. The largest absolute Gasteiger partial charge is 0.314 e. The molecule has 0 aromatic heterocycles. The molecule has 100 valence electrons. The second-order valence-electron chi connectivity index (χ2n) is 4.19. The molecule has 0 unspecified atom stereocenters. The van der Waals surface area contributed by atoms with Crippen LogP contribution in [0.2, 0.25) is 0 Å². The zero-order valence-electron chi connectivity index (χ0n) is 9.91. The van der Waals surface area contributed by atoms with E-state index in [-0.39, 0.29) is 9.37 Å². The number of nitrogens with zero attached hydrogens (tertiary/aromatic N) is 1. The van der Waals surface area contributed by atoms with E-state index >= 15 is 0 Å². The predicted octanol–water partition coefficient (Wildman–Crippen LogP) is 1.49. The van der Waals surface area contributed by atoms with Crippen LogP contribution in [0, 0.1) is 12.7 Å². The minimum Gasteiger partial charge on any atom is -0.314 e. The molecule has 0 spiro atoms. The van der Waals surface area contributed by atoms with E-state index < -0.39 is 15.8 Å². The number of benzene rings is 1. The fraction of sp³-hybridized carbons (Fsp3) is 0.455. The second-order valence-corrected chi connectivity index (χ2v) is 6.95. The van der Waals surface area contributed by atoms with Crippen LogP contribution in [-0.2, 0) is 10.0 Å². The maximum atomic E-state index is 13.3. The second kappa shape index (κ2) is 5.24. The van der Waals surface area contributed by atoms with E-state index in [9.17, 15) is 12.8 Å². The van der Waals surface area contributed by atoms with E-state index in [2.05, 4.69) is 21.2 Å². The molecule has 1 aliphatic heterocycles. The fourth-order valence-electron chi connectivity index (χ4n) is 1.93. The van der Waals surface area contributed by atoms with E-state index in [0.29, 0.717) is 31.7 Å². The first-order valence-corrected chi connectivity index (χ1v) is 7.83. The number of piperazine rings is 1. The summed E-state index contributed by atoms with van der Waals surface area (Å²) >= 11 is 3.03. The first-order valence-electron chi connectivity index (χ1n) is 5.59. The van der Waals surface area contributed by atoms with Gasteiger partial charge in [0, 0.05) is 26.2 Å². The van der Waals surface area contributed by atoms with Crippen LogP contribution in [0.1, 0.15) is 5.56 Å². The lowest BCUT2D eigenvalue weighted by Crippen LogP contribution is -2.46. The van der Waals surface area contributed by atoms with E-state index in [1.165, 1.54) is 16.4 Å². The third kappa shape index (κ3) is 2.59. The molecule has 7 heteroatoms. The number of aryl methyl sites for hydroxylation is 1. The molecule has 1 saturated heterocycles. The van der Waals surface area contributed by atoms with E-state index in [1.807, 2.05) is 0 Å². The van der Waals surface area contributed by atoms with Crippen LogP contribution in [0.3, 0.4) is 0 Å². The number of hydrogen-bond donors (Lipinski definition) is 1. The molecule has 1 fully saturated rings. The maximum Gasteiger partial charge on any atom is 0.243 e. The molecule has 0 aliphatic carbocycles. The lowest BCUT2D eigenvalue weighted by molar-refractivity contribution is 0.360. The topological polar surface area (TPSA) is 49.4 Å². The van der Waals surface area contributed by atoms with Gasteiger partial charge in [0.15, 0.2) is 0 Å². The summed E-state index contributed by atoms with van der Waals surface area (Å²) in [5.41, 5.74) is 0.425. The van der Waals surface area contributed by atoms with Gasteiger partial charge in [-0.05, 0) is 40.5 Å². The van der Waals surface area contributed by atoms with Gasteiger partial charge in [0.1, 0.15) is 5.82 Å². The molecule has 1 heterocycles. The molecule has 18 heavy (non-hydrogen) atoms. The van der Waals surface area contributed by atoms with Gasteiger partial charge in [-0.2, -0.15) is 4.31 Å². The Morgan fingerprint density at radius 1 is 1.33 bits per heavy atom. The van der Waals surface area contributed by atoms with Crippen molar-refractivity contribution >= 4 is 26.0 Å². The van der Waals surface area contributed by atoms with Crippen LogP contribution >= 0.6 is 15.9 Å². The van der Waals surface area contributed by atoms with Crippen LogP contribution in [0.4, 0.5) is 4.39 Å². The maximum absolute atomic E-state index is 13.3. The van der Waals surface area contributed by atoms with Gasteiger partial charge < -0.3 is 5.32 Å². The summed E-state index contributed by atoms with van der Waals surface area (Å²) in [6.45, 7) is 3.76. The van der Waals surface area contributed by atoms with Crippen molar-refractivity contribution in [2.45, 2.75) is 11.8 Å². The summed E-state index contributed by atoms with van der Waals surface area (Å²) in [7, 11) is -3.54. The highest BCUT2D eigenvalue weighted by atomic mass is 79.9. The number of hydrogen-bond acceptors (Lipinski definition) is 3. The van der Waals surface area contributed by atoms with Gasteiger partial charge in [-0.3, -0.25) is 0 Å². The molecule has 0 amide bonds. The van der Waals surface area contributed by atoms with Gasteiger partial charge >= 0.3 is 0 Å². The third-order valence-electron chi connectivity index (χ3n) is 2.91. The molecule has 0 saturated carbocycles. The van der Waals surface area contributed by atoms with Crippen molar-refractivity contribution in [1.29, 1.82) is 0 Å². The highest BCUT2D eigenvalue weighted by Crippen LogP contribution is 2.26. The summed E-state index contributed by atoms with van der Waals surface area (Å²) in [5.74, 6) is -0.452. The monoisotopic (exact) mass is 336 g/mol. The van der Waals surface area contributed by atoms with Crippen molar-refractivity contribution in [1.82, 2.24) is 9.62 Å². The molecule has 1 N–H and O–H groups in total. The van der Waals surface area contributed by atoms with E-state index in [4.69, 9.17) is 0 Å². The Balaban J connectivity index is 2.43. The van der Waals surface area contributed by atoms with Crippen LogP contribution in [0.5, 0.6) is 0 Å². The van der Waals surface area contributed by atoms with Crippen molar-refractivity contribution in [3.05, 3.63) is 28.0 Å². The molecular formula is C11H14BrFN2O2S. The zero-order chi connectivity index (χ0) is 13.3. The number of halogens is 2. The fourth-order valence-corrected chi connectivity index (χ4v) is 4.10. The standard InChI is InChI=1S/C11H14BrFN2O2S/c1-8-6-10(13)9(12)7-11(8)18(16,17)15-4-2-14-3-5-15/h6-7,14H,2-5H2,1H3. The Hall–Kier alpha value is -0.500. The van der Waals surface area contributed by atoms with Gasteiger partial charge in [-0.15, -0.1) is 0 Å². The lowest BCUT2D eigenvalue weighted by Gasteiger charge is -2.27. The van der Waals surface area contributed by atoms with E-state index in [0.717, 1.165) is 0 Å². The van der Waals surface area contributed by atoms with Crippen molar-refractivity contribution in [3.8, 4) is 0 Å². The molecule has 1 aromatic carbocycles. The van der Waals surface area contributed by atoms with Crippen molar-refractivity contribution in [3.63, 3.8) is 0 Å². The molecule has 0 radical (unpaired) electrons. The molecule has 2 rings (SSSR count). The minimum absolute atomic E-state index is 0.165. The Labute approximate surface area is 114 Å². The predicted molar refractivity (Wildman–Crippen MR) is 70.5 cm³/mol. The van der Waals surface area contributed by atoms with Gasteiger partial charge in [0.05, 0.1) is 9.37 Å². The van der Waals surface area contributed by atoms with Crippen LogP contribution < -0.4 is 5.32 Å². The van der Waals surface area contributed by atoms with Crippen LogP contribution in [0.15, 0.2) is 21.5 Å². The average molecular weight is 337 g/mol. The molecular weight excluding hydrogens is 323 g/mol. The molecule has 0 atom stereocenters. The Morgan fingerprint density at radius 2 is 1.94 bits per heavy atom. The quantitative estimate of drug-likeness (QED) is 0.890. The van der Waals surface area contributed by atoms with Gasteiger partial charge in [0.2, 0.25) is 10.0 Å². The zero-order valence-corrected chi connectivity index (χ0v) is 12.3. The first kappa shape index (κ1) is 13.9. The summed E-state index contributed by atoms with van der Waals surface area (Å²) in [5, 5.41) is 3.10. The molecule has 0 bridgehead atoms. The summed E-state index contributed by atoms with van der Waals surface area (Å²) < 4.78 is 39.8. The summed E-state index contributed by atoms with van der Waals surface area (Å²) in [6, 6.07) is 2.57. The van der Waals surface area contributed by atoms with Gasteiger partial charge in [0.25, 0.3) is 0 Å². The smallest absolute Gasteiger partial charge is 0.243 e. The first-order chi connectivity index (χ1) is 8.43. The summed E-state index contributed by atoms with van der Waals surface area (Å²) in [4.78, 5) is 0.165. The SMILES string of the molecule is Cc1cc(F)c(Br)cc1S(=O)(=O)N1CCNCC1. The highest BCUT2D eigenvalue weighted by Gasteiger charge is 2.27. The number of rotatable bonds is 2. The van der Waals surface area contributed by atoms with Crippen molar-refractivity contribution in [2.24, 2.45) is 0 Å². The summed E-state index contributed by atoms with van der Waals surface area (Å²) in [6.07, 6.45) is 0. The number of sulfonamides is 1. The Morgan fingerprint density at radius 3 is 2.56 bits per heavy atom. The normalized spacial score (nSPS) is 17.9. The molecule has 4 nitrogen and oxygen atoms in total. The Kier molecular flexibility index (Phi) is 4.05. The third-order valence-corrected chi connectivity index (χ3v) is 5.56. The van der Waals surface area contributed by atoms with Gasteiger partial charge in [-0.1, -0.05) is 0 Å². The minimum atomic E-state index is -3.54. The highest BCUT2D eigenvalue weighted by molar-refractivity contribution is 9.10. The van der Waals surface area contributed by atoms with E-state index in [1.54, 1.807) is 6.92 Å². The lowest BCUT2D eigenvalue weighted by atomic mass is 10.2. The molecule has 1 aliphatic rings. The van der Waals surface area contributed by atoms with Crippen LogP contribution in [-0.4, -0.2) is 38.9 Å². The average Bonchev–Trinajstić information content (AvgIpc) is 2.34. The van der Waals surface area contributed by atoms with Crippen molar-refractivity contribution < 1.29 is 12.8 Å². The Bertz CT molecular complexity index is 556.